The third-order valence-corrected chi connectivity index (χ3v) is 7.36. The van der Waals surface area contributed by atoms with Crippen molar-refractivity contribution in [3.05, 3.63) is 71.3 Å². The standard InChI is InChI=1S/C33H42O8/c1-21-11-12-22(2)31-28(40-33(4,5)41-31)10-8-9-25-17-27(37-19-24-13-15-26(36-7)16-14-24)18-29(38-20-35-6)30(25)32(34)39-23(21)3/h8-9,11-18,21-23,28,31H,10,19-20H2,1-7H3/b9-8+,12-11-. The second-order valence-electron chi connectivity index (χ2n) is 11.1. The van der Waals surface area contributed by atoms with Crippen molar-refractivity contribution in [2.75, 3.05) is 21.0 Å². The predicted molar refractivity (Wildman–Crippen MR) is 156 cm³/mol. The molecular weight excluding hydrogens is 524 g/mol. The minimum Gasteiger partial charge on any atom is -0.497 e. The Bertz CT molecular complexity index is 1230. The summed E-state index contributed by atoms with van der Waals surface area (Å²) < 4.78 is 40.9. The molecule has 8 heteroatoms. The molecule has 0 amide bonds. The highest BCUT2D eigenvalue weighted by Gasteiger charge is 2.42. The maximum absolute atomic E-state index is 13.6. The largest absolute Gasteiger partial charge is 0.497 e. The summed E-state index contributed by atoms with van der Waals surface area (Å²) in [6, 6.07) is 11.2. The van der Waals surface area contributed by atoms with Crippen molar-refractivity contribution in [2.24, 2.45) is 11.8 Å². The summed E-state index contributed by atoms with van der Waals surface area (Å²) in [5.74, 6) is 0.569. The molecule has 8 nitrogen and oxygen atoms in total. The molecule has 2 aliphatic heterocycles. The monoisotopic (exact) mass is 566 g/mol. The van der Waals surface area contributed by atoms with Gasteiger partial charge in [-0.25, -0.2) is 4.79 Å². The molecule has 2 aromatic rings. The van der Waals surface area contributed by atoms with Gasteiger partial charge in [0, 0.05) is 25.0 Å². The summed E-state index contributed by atoms with van der Waals surface area (Å²) in [4.78, 5) is 13.6. The number of rotatable bonds is 7. The van der Waals surface area contributed by atoms with Gasteiger partial charge in [-0.15, -0.1) is 0 Å². The third kappa shape index (κ3) is 7.91. The predicted octanol–water partition coefficient (Wildman–Crippen LogP) is 6.57. The summed E-state index contributed by atoms with van der Waals surface area (Å²) in [6.07, 6.45) is 8.05. The van der Waals surface area contributed by atoms with Gasteiger partial charge in [0.05, 0.1) is 19.3 Å². The summed E-state index contributed by atoms with van der Waals surface area (Å²) in [5.41, 5.74) is 1.89. The first-order chi connectivity index (χ1) is 19.6. The van der Waals surface area contributed by atoms with Gasteiger partial charge in [0.2, 0.25) is 0 Å². The summed E-state index contributed by atoms with van der Waals surface area (Å²) in [5, 5.41) is 0. The van der Waals surface area contributed by atoms with Gasteiger partial charge in [-0.1, -0.05) is 50.3 Å². The van der Waals surface area contributed by atoms with Crippen LogP contribution in [0.3, 0.4) is 0 Å². The number of fused-ring (bicyclic) bond motifs is 2. The number of carbonyl (C=O) groups excluding carboxylic acids is 1. The lowest BCUT2D eigenvalue weighted by Gasteiger charge is -2.23. The van der Waals surface area contributed by atoms with Crippen LogP contribution in [-0.4, -0.2) is 51.1 Å². The molecule has 4 rings (SSSR count). The van der Waals surface area contributed by atoms with Crippen LogP contribution in [0.5, 0.6) is 17.2 Å². The zero-order valence-corrected chi connectivity index (χ0v) is 25.0. The molecule has 0 saturated carbocycles. The second kappa shape index (κ2) is 13.6. The summed E-state index contributed by atoms with van der Waals surface area (Å²) in [7, 11) is 3.16. The quantitative estimate of drug-likeness (QED) is 0.212. The van der Waals surface area contributed by atoms with Crippen LogP contribution in [0.4, 0.5) is 0 Å². The normalized spacial score (nSPS) is 27.5. The van der Waals surface area contributed by atoms with Gasteiger partial charge < -0.3 is 33.2 Å². The maximum Gasteiger partial charge on any atom is 0.342 e. The Morgan fingerprint density at radius 3 is 2.37 bits per heavy atom. The molecule has 5 atom stereocenters. The molecule has 222 valence electrons. The summed E-state index contributed by atoms with van der Waals surface area (Å²) in [6.45, 7) is 10.2. The minimum absolute atomic E-state index is 0.0208. The molecule has 5 unspecified atom stereocenters. The molecule has 2 aromatic carbocycles. The van der Waals surface area contributed by atoms with Gasteiger partial charge in [-0.05, 0) is 56.5 Å². The van der Waals surface area contributed by atoms with Crippen LogP contribution in [-0.2, 0) is 25.6 Å². The Morgan fingerprint density at radius 2 is 1.66 bits per heavy atom. The van der Waals surface area contributed by atoms with Crippen LogP contribution in [0.2, 0.25) is 0 Å². The highest BCUT2D eigenvalue weighted by molar-refractivity contribution is 5.97. The fourth-order valence-electron chi connectivity index (χ4n) is 4.94. The molecule has 1 saturated heterocycles. The van der Waals surface area contributed by atoms with Gasteiger partial charge >= 0.3 is 5.97 Å². The van der Waals surface area contributed by atoms with E-state index in [9.17, 15) is 4.79 Å². The van der Waals surface area contributed by atoms with E-state index >= 15 is 0 Å². The topological polar surface area (TPSA) is 81.7 Å². The third-order valence-electron chi connectivity index (χ3n) is 7.36. The Balaban J connectivity index is 1.71. The van der Waals surface area contributed by atoms with Crippen molar-refractivity contribution in [3.8, 4) is 17.2 Å². The van der Waals surface area contributed by atoms with Crippen LogP contribution >= 0.6 is 0 Å². The Hall–Kier alpha value is -3.33. The number of hydrogen-bond donors (Lipinski definition) is 0. The number of methoxy groups -OCH3 is 2. The van der Waals surface area contributed by atoms with Gasteiger partial charge in [0.25, 0.3) is 0 Å². The average molecular weight is 567 g/mol. The molecule has 1 fully saturated rings. The number of benzene rings is 2. The maximum atomic E-state index is 13.6. The lowest BCUT2D eigenvalue weighted by Crippen LogP contribution is -2.29. The lowest BCUT2D eigenvalue weighted by atomic mass is 9.94. The van der Waals surface area contributed by atoms with E-state index in [1.54, 1.807) is 13.2 Å². The average Bonchev–Trinajstić information content (AvgIpc) is 3.27. The first-order valence-electron chi connectivity index (χ1n) is 14.1. The van der Waals surface area contributed by atoms with E-state index in [4.69, 9.17) is 33.2 Å². The van der Waals surface area contributed by atoms with E-state index in [2.05, 4.69) is 19.1 Å². The van der Waals surface area contributed by atoms with Crippen molar-refractivity contribution in [2.45, 2.75) is 71.7 Å². The van der Waals surface area contributed by atoms with Gasteiger partial charge in [-0.2, -0.15) is 0 Å². The Morgan fingerprint density at radius 1 is 0.927 bits per heavy atom. The van der Waals surface area contributed by atoms with Crippen molar-refractivity contribution < 1.29 is 38.0 Å². The van der Waals surface area contributed by atoms with Crippen LogP contribution in [0.1, 0.15) is 62.5 Å². The number of carbonyl (C=O) groups is 1. The van der Waals surface area contributed by atoms with Crippen molar-refractivity contribution in [1.29, 1.82) is 0 Å². The Labute approximate surface area is 243 Å². The van der Waals surface area contributed by atoms with E-state index in [1.807, 2.05) is 70.2 Å². The zero-order valence-electron chi connectivity index (χ0n) is 25.0. The van der Waals surface area contributed by atoms with E-state index in [0.717, 1.165) is 11.3 Å². The smallest absolute Gasteiger partial charge is 0.342 e. The minimum atomic E-state index is -0.682. The van der Waals surface area contributed by atoms with Gasteiger partial charge in [0.1, 0.15) is 35.5 Å². The van der Waals surface area contributed by atoms with Gasteiger partial charge in [-0.3, -0.25) is 0 Å². The molecule has 41 heavy (non-hydrogen) atoms. The van der Waals surface area contributed by atoms with E-state index in [-0.39, 0.29) is 36.9 Å². The fourth-order valence-corrected chi connectivity index (χ4v) is 4.94. The van der Waals surface area contributed by atoms with Crippen LogP contribution < -0.4 is 14.2 Å². The first-order valence-corrected chi connectivity index (χ1v) is 14.1. The van der Waals surface area contributed by atoms with Crippen LogP contribution in [0.25, 0.3) is 6.08 Å². The van der Waals surface area contributed by atoms with Gasteiger partial charge in [0.15, 0.2) is 12.6 Å². The number of hydrogen-bond acceptors (Lipinski definition) is 8. The first kappa shape index (κ1) is 30.6. The van der Waals surface area contributed by atoms with E-state index in [0.29, 0.717) is 35.7 Å². The molecule has 0 aliphatic carbocycles. The highest BCUT2D eigenvalue weighted by atomic mass is 16.8. The molecule has 0 bridgehead atoms. The lowest BCUT2D eigenvalue weighted by molar-refractivity contribution is -0.148. The molecule has 0 radical (unpaired) electrons. The highest BCUT2D eigenvalue weighted by Crippen LogP contribution is 2.36. The SMILES string of the molecule is COCOc1cc(OCc2ccc(OC)cc2)cc2c1C(=O)OC(C)C(C)/C=C\C(C)C1OC(C)(C)OC1C/C=C/2. The van der Waals surface area contributed by atoms with Crippen molar-refractivity contribution >= 4 is 12.0 Å². The number of cyclic esters (lactones) is 1. The number of ether oxygens (including phenoxy) is 7. The van der Waals surface area contributed by atoms with Crippen LogP contribution in [0.15, 0.2) is 54.6 Å². The molecule has 2 heterocycles. The van der Waals surface area contributed by atoms with Crippen molar-refractivity contribution in [3.63, 3.8) is 0 Å². The summed E-state index contributed by atoms with van der Waals surface area (Å²) >= 11 is 0. The number of esters is 1. The zero-order chi connectivity index (χ0) is 29.6. The molecule has 0 N–H and O–H groups in total. The van der Waals surface area contributed by atoms with Crippen LogP contribution in [0, 0.1) is 11.8 Å². The van der Waals surface area contributed by atoms with Crippen molar-refractivity contribution in [1.82, 2.24) is 0 Å². The molecule has 0 aromatic heterocycles. The molecule has 2 aliphatic rings. The van der Waals surface area contributed by atoms with E-state index < -0.39 is 11.8 Å². The Kier molecular flexibility index (Phi) is 10.1. The van der Waals surface area contributed by atoms with E-state index in [1.165, 1.54) is 7.11 Å². The fraction of sp³-hybridized carbons (Fsp3) is 0.485. The second-order valence-corrected chi connectivity index (χ2v) is 11.1. The molecular formula is C33H42O8. The molecule has 0 spiro atoms.